The van der Waals surface area contributed by atoms with Crippen LogP contribution in [-0.2, 0) is 11.8 Å². The summed E-state index contributed by atoms with van der Waals surface area (Å²) in [5.41, 5.74) is 3.74. The summed E-state index contributed by atoms with van der Waals surface area (Å²) in [6, 6.07) is 15.7. The number of para-hydroxylation sites is 1. The molecule has 0 spiro atoms. The Morgan fingerprint density at radius 3 is 2.77 bits per heavy atom. The largest absolute Gasteiger partial charge is 0.490 e. The Morgan fingerprint density at radius 2 is 2.00 bits per heavy atom. The molecule has 0 unspecified atom stereocenters. The molecule has 5 rings (SSSR count). The van der Waals surface area contributed by atoms with Gasteiger partial charge in [0.2, 0.25) is 0 Å². The van der Waals surface area contributed by atoms with Gasteiger partial charge in [0, 0.05) is 18.0 Å². The summed E-state index contributed by atoms with van der Waals surface area (Å²) in [4.78, 5) is 12.5. The van der Waals surface area contributed by atoms with Gasteiger partial charge in [-0.15, -0.1) is 0 Å². The Bertz CT molecular complexity index is 1250. The lowest BCUT2D eigenvalue weighted by atomic mass is 9.96. The van der Waals surface area contributed by atoms with Crippen molar-refractivity contribution in [1.82, 2.24) is 19.6 Å². The van der Waals surface area contributed by atoms with Crippen LogP contribution in [0.1, 0.15) is 36.7 Å². The van der Waals surface area contributed by atoms with Crippen LogP contribution in [0.3, 0.4) is 0 Å². The zero-order valence-corrected chi connectivity index (χ0v) is 17.6. The second-order valence-electron chi connectivity index (χ2n) is 7.73. The smallest absolute Gasteiger partial charge is 0.358 e. The average Bonchev–Trinajstić information content (AvgIpc) is 3.36. The highest BCUT2D eigenvalue weighted by atomic mass is 16.5. The number of esters is 1. The minimum absolute atomic E-state index is 0.265. The Hall–Kier alpha value is -3.61. The Morgan fingerprint density at radius 1 is 1.16 bits per heavy atom. The molecule has 1 saturated carbocycles. The highest BCUT2D eigenvalue weighted by Crippen LogP contribution is 2.32. The van der Waals surface area contributed by atoms with E-state index in [1.165, 1.54) is 6.42 Å². The van der Waals surface area contributed by atoms with E-state index in [1.807, 2.05) is 60.4 Å². The van der Waals surface area contributed by atoms with Gasteiger partial charge in [-0.25, -0.2) is 9.48 Å². The first-order valence-corrected chi connectivity index (χ1v) is 10.6. The molecule has 0 radical (unpaired) electrons. The quantitative estimate of drug-likeness (QED) is 0.432. The van der Waals surface area contributed by atoms with Gasteiger partial charge < -0.3 is 9.47 Å². The van der Waals surface area contributed by atoms with E-state index in [-0.39, 0.29) is 5.69 Å². The van der Waals surface area contributed by atoms with E-state index in [0.717, 1.165) is 46.4 Å². The fourth-order valence-corrected chi connectivity index (χ4v) is 3.87. The van der Waals surface area contributed by atoms with Crippen LogP contribution < -0.4 is 4.74 Å². The third-order valence-electron chi connectivity index (χ3n) is 5.65. The van der Waals surface area contributed by atoms with E-state index in [2.05, 4.69) is 10.2 Å². The van der Waals surface area contributed by atoms with Crippen LogP contribution in [0.15, 0.2) is 54.7 Å². The summed E-state index contributed by atoms with van der Waals surface area (Å²) in [5, 5.41) is 10.0. The van der Waals surface area contributed by atoms with Gasteiger partial charge in [-0.1, -0.05) is 24.3 Å². The number of aromatic nitrogens is 4. The summed E-state index contributed by atoms with van der Waals surface area (Å²) in [6.07, 6.45) is 5.52. The first kappa shape index (κ1) is 19.4. The van der Waals surface area contributed by atoms with Crippen molar-refractivity contribution in [3.05, 3.63) is 60.4 Å². The number of fused-ring (bicyclic) bond motifs is 1. The maximum atomic E-state index is 12.5. The molecule has 1 aliphatic rings. The van der Waals surface area contributed by atoms with Crippen molar-refractivity contribution in [2.45, 2.75) is 32.3 Å². The first-order valence-electron chi connectivity index (χ1n) is 10.6. The Kier molecular flexibility index (Phi) is 4.94. The molecule has 0 saturated heterocycles. The van der Waals surface area contributed by atoms with E-state index in [4.69, 9.17) is 9.47 Å². The van der Waals surface area contributed by atoms with Crippen molar-refractivity contribution in [2.24, 2.45) is 7.05 Å². The van der Waals surface area contributed by atoms with Crippen molar-refractivity contribution < 1.29 is 14.3 Å². The summed E-state index contributed by atoms with van der Waals surface area (Å²) >= 11 is 0. The third-order valence-corrected chi connectivity index (χ3v) is 5.65. The second kappa shape index (κ2) is 7.91. The van der Waals surface area contributed by atoms with E-state index >= 15 is 0 Å². The molecule has 0 amide bonds. The van der Waals surface area contributed by atoms with Crippen LogP contribution in [0.4, 0.5) is 0 Å². The predicted octanol–water partition coefficient (Wildman–Crippen LogP) is 4.53. The first-order chi connectivity index (χ1) is 15.1. The molecule has 0 atom stereocenters. The Balaban J connectivity index is 1.65. The maximum absolute atomic E-state index is 12.5. The fraction of sp³-hybridized carbons (Fsp3) is 0.292. The number of nitrogens with zero attached hydrogens (tertiary/aromatic N) is 4. The van der Waals surface area contributed by atoms with Crippen LogP contribution in [0.5, 0.6) is 5.75 Å². The summed E-state index contributed by atoms with van der Waals surface area (Å²) in [7, 11) is 1.90. The number of ether oxygens (including phenoxy) is 2. The van der Waals surface area contributed by atoms with E-state index in [9.17, 15) is 4.79 Å². The SMILES string of the molecule is CCOC(=O)c1cc(-c2cccc(OC3CCC3)c2)n(-c2cccc3cnn(C)c23)n1. The molecule has 0 N–H and O–H groups in total. The van der Waals surface area contributed by atoms with Gasteiger partial charge in [-0.05, 0) is 50.5 Å². The number of aryl methyl sites for hydroxylation is 1. The minimum atomic E-state index is -0.443. The molecule has 158 valence electrons. The molecule has 7 nitrogen and oxygen atoms in total. The van der Waals surface area contributed by atoms with Crippen molar-refractivity contribution in [3.63, 3.8) is 0 Å². The normalized spacial score (nSPS) is 13.9. The topological polar surface area (TPSA) is 71.2 Å². The van der Waals surface area contributed by atoms with Gasteiger partial charge in [0.1, 0.15) is 5.75 Å². The van der Waals surface area contributed by atoms with Crippen LogP contribution in [0, 0.1) is 0 Å². The van der Waals surface area contributed by atoms with Gasteiger partial charge in [0.05, 0.1) is 35.8 Å². The number of benzene rings is 2. The number of carbonyl (C=O) groups is 1. The molecule has 0 bridgehead atoms. The van der Waals surface area contributed by atoms with Gasteiger partial charge in [0.25, 0.3) is 0 Å². The summed E-state index contributed by atoms with van der Waals surface area (Å²) < 4.78 is 14.9. The zero-order chi connectivity index (χ0) is 21.4. The van der Waals surface area contributed by atoms with E-state index in [0.29, 0.717) is 12.7 Å². The van der Waals surface area contributed by atoms with Crippen LogP contribution in [-0.4, -0.2) is 38.2 Å². The van der Waals surface area contributed by atoms with Gasteiger partial charge in [-0.3, -0.25) is 4.68 Å². The summed E-state index contributed by atoms with van der Waals surface area (Å²) in [6.45, 7) is 2.08. The molecule has 7 heteroatoms. The lowest BCUT2D eigenvalue weighted by molar-refractivity contribution is 0.0519. The monoisotopic (exact) mass is 416 g/mol. The molecule has 1 aliphatic carbocycles. The van der Waals surface area contributed by atoms with Gasteiger partial charge >= 0.3 is 5.97 Å². The predicted molar refractivity (Wildman–Crippen MR) is 117 cm³/mol. The molecular weight excluding hydrogens is 392 g/mol. The van der Waals surface area contributed by atoms with E-state index < -0.39 is 5.97 Å². The number of rotatable bonds is 6. The Labute approximate surface area is 180 Å². The second-order valence-corrected chi connectivity index (χ2v) is 7.73. The number of hydrogen-bond donors (Lipinski definition) is 0. The highest BCUT2D eigenvalue weighted by Gasteiger charge is 2.22. The molecular formula is C24H24N4O3. The molecule has 2 aromatic heterocycles. The van der Waals surface area contributed by atoms with Crippen LogP contribution in [0.25, 0.3) is 27.8 Å². The average molecular weight is 416 g/mol. The maximum Gasteiger partial charge on any atom is 0.358 e. The highest BCUT2D eigenvalue weighted by molar-refractivity contribution is 5.91. The van der Waals surface area contributed by atoms with Crippen molar-refractivity contribution >= 4 is 16.9 Å². The molecule has 1 fully saturated rings. The van der Waals surface area contributed by atoms with Gasteiger partial charge in [-0.2, -0.15) is 10.2 Å². The number of hydrogen-bond acceptors (Lipinski definition) is 5. The molecule has 31 heavy (non-hydrogen) atoms. The molecule has 2 aromatic carbocycles. The van der Waals surface area contributed by atoms with Crippen molar-refractivity contribution in [1.29, 1.82) is 0 Å². The zero-order valence-electron chi connectivity index (χ0n) is 17.6. The minimum Gasteiger partial charge on any atom is -0.490 e. The van der Waals surface area contributed by atoms with E-state index in [1.54, 1.807) is 17.7 Å². The third kappa shape index (κ3) is 3.56. The molecule has 0 aliphatic heterocycles. The van der Waals surface area contributed by atoms with Crippen LogP contribution in [0.2, 0.25) is 0 Å². The van der Waals surface area contributed by atoms with Gasteiger partial charge in [0.15, 0.2) is 5.69 Å². The lowest BCUT2D eigenvalue weighted by Gasteiger charge is -2.26. The standard InChI is InChI=1S/C24H24N4O3/c1-3-30-24(29)20-14-22(16-7-4-11-19(13-16)31-18-9-6-10-18)28(26-20)21-12-5-8-17-15-25-27(2)23(17)21/h4-5,7-8,11-15,18H,3,6,9-10H2,1-2H3. The fourth-order valence-electron chi connectivity index (χ4n) is 3.87. The van der Waals surface area contributed by atoms with Crippen LogP contribution >= 0.6 is 0 Å². The summed E-state index contributed by atoms with van der Waals surface area (Å²) in [5.74, 6) is 0.382. The number of carbonyl (C=O) groups excluding carboxylic acids is 1. The molecule has 2 heterocycles. The van der Waals surface area contributed by atoms with Crippen molar-refractivity contribution in [3.8, 4) is 22.7 Å². The molecule has 4 aromatic rings. The van der Waals surface area contributed by atoms with Crippen molar-refractivity contribution in [2.75, 3.05) is 6.61 Å². The lowest BCUT2D eigenvalue weighted by Crippen LogP contribution is -2.24.